The highest BCUT2D eigenvalue weighted by Gasteiger charge is 2.21. The first-order chi connectivity index (χ1) is 12.5. The second kappa shape index (κ2) is 9.77. The molecule has 2 aromatic rings. The lowest BCUT2D eigenvalue weighted by atomic mass is 10.0. The van der Waals surface area contributed by atoms with E-state index in [4.69, 9.17) is 21.1 Å². The smallest absolute Gasteiger partial charge is 0.308 e. The maximum atomic E-state index is 13.5. The molecule has 0 radical (unpaired) electrons. The number of nitrogens with one attached hydrogen (secondary N) is 1. The predicted octanol–water partition coefficient (Wildman–Crippen LogP) is 3.67. The molecule has 0 aliphatic heterocycles. The Kier molecular flexibility index (Phi) is 7.41. The van der Waals surface area contributed by atoms with Crippen LogP contribution in [0.15, 0.2) is 48.5 Å². The number of carbonyl (C=O) groups is 2. The molecule has 1 N–H and O–H groups in total. The highest BCUT2D eigenvalue weighted by molar-refractivity contribution is 6.31. The van der Waals surface area contributed by atoms with Gasteiger partial charge in [0.15, 0.2) is 18.2 Å². The van der Waals surface area contributed by atoms with Crippen LogP contribution in [0.25, 0.3) is 0 Å². The first-order valence-corrected chi connectivity index (χ1v) is 8.45. The molecule has 2 rings (SSSR count). The number of amides is 1. The van der Waals surface area contributed by atoms with Gasteiger partial charge in [0, 0.05) is 5.02 Å². The standard InChI is InChI=1S/C19H19ClFNO4/c1-2-25-19(24)11-16(13-7-3-4-8-14(13)20)22-18(23)12-26-17-10-6-5-9-15(17)21/h3-10,16H,2,11-12H2,1H3,(H,22,23)/t16-/m1/s1. The molecule has 0 spiro atoms. The van der Waals surface area contributed by atoms with Gasteiger partial charge in [-0.1, -0.05) is 41.9 Å². The molecule has 1 atom stereocenters. The van der Waals surface area contributed by atoms with Crippen LogP contribution in [0.1, 0.15) is 24.9 Å². The molecule has 0 aliphatic carbocycles. The number of hydrogen-bond acceptors (Lipinski definition) is 4. The van der Waals surface area contributed by atoms with Crippen LogP contribution < -0.4 is 10.1 Å². The van der Waals surface area contributed by atoms with Gasteiger partial charge >= 0.3 is 5.97 Å². The van der Waals surface area contributed by atoms with Crippen molar-refractivity contribution in [2.24, 2.45) is 0 Å². The lowest BCUT2D eigenvalue weighted by molar-refractivity contribution is -0.143. The second-order valence-electron chi connectivity index (χ2n) is 5.37. The molecular weight excluding hydrogens is 361 g/mol. The van der Waals surface area contributed by atoms with Gasteiger partial charge < -0.3 is 14.8 Å². The van der Waals surface area contributed by atoms with E-state index in [1.54, 1.807) is 37.3 Å². The Hall–Kier alpha value is -2.60. The van der Waals surface area contributed by atoms with Gasteiger partial charge in [-0.15, -0.1) is 0 Å². The van der Waals surface area contributed by atoms with Gasteiger partial charge in [-0.2, -0.15) is 0 Å². The van der Waals surface area contributed by atoms with Crippen LogP contribution in [0.5, 0.6) is 5.75 Å². The Balaban J connectivity index is 2.05. The van der Waals surface area contributed by atoms with E-state index in [-0.39, 0.29) is 18.8 Å². The van der Waals surface area contributed by atoms with Crippen molar-refractivity contribution >= 4 is 23.5 Å². The van der Waals surface area contributed by atoms with E-state index in [0.717, 1.165) is 0 Å². The quantitative estimate of drug-likeness (QED) is 0.711. The van der Waals surface area contributed by atoms with Crippen LogP contribution in [0.4, 0.5) is 4.39 Å². The Morgan fingerprint density at radius 1 is 1.15 bits per heavy atom. The molecule has 0 aliphatic rings. The van der Waals surface area contributed by atoms with Crippen molar-refractivity contribution in [3.05, 3.63) is 64.9 Å². The predicted molar refractivity (Wildman–Crippen MR) is 95.5 cm³/mol. The second-order valence-corrected chi connectivity index (χ2v) is 5.78. The summed E-state index contributed by atoms with van der Waals surface area (Å²) in [5, 5.41) is 3.10. The monoisotopic (exact) mass is 379 g/mol. The molecule has 138 valence electrons. The molecule has 1 amide bonds. The molecule has 0 saturated carbocycles. The summed E-state index contributed by atoms with van der Waals surface area (Å²) in [6.45, 7) is 1.53. The first-order valence-electron chi connectivity index (χ1n) is 8.08. The summed E-state index contributed by atoms with van der Waals surface area (Å²) in [4.78, 5) is 24.1. The van der Waals surface area contributed by atoms with Crippen LogP contribution in [-0.2, 0) is 14.3 Å². The van der Waals surface area contributed by atoms with Gasteiger partial charge in [0.25, 0.3) is 5.91 Å². The molecule has 26 heavy (non-hydrogen) atoms. The van der Waals surface area contributed by atoms with Crippen molar-refractivity contribution in [2.45, 2.75) is 19.4 Å². The minimum absolute atomic E-state index is 0.0256. The minimum atomic E-state index is -0.681. The highest BCUT2D eigenvalue weighted by Crippen LogP contribution is 2.25. The zero-order valence-electron chi connectivity index (χ0n) is 14.2. The lowest BCUT2D eigenvalue weighted by Gasteiger charge is -2.20. The number of carbonyl (C=O) groups excluding carboxylic acids is 2. The van der Waals surface area contributed by atoms with Crippen molar-refractivity contribution in [1.29, 1.82) is 0 Å². The molecule has 0 heterocycles. The number of esters is 1. The molecular formula is C19H19ClFNO4. The summed E-state index contributed by atoms with van der Waals surface area (Å²) in [5.41, 5.74) is 0.585. The van der Waals surface area contributed by atoms with E-state index in [9.17, 15) is 14.0 Å². The number of benzene rings is 2. The van der Waals surface area contributed by atoms with Gasteiger partial charge in [0.05, 0.1) is 19.1 Å². The fraction of sp³-hybridized carbons (Fsp3) is 0.263. The Bertz CT molecular complexity index is 769. The third-order valence-electron chi connectivity index (χ3n) is 3.49. The molecule has 7 heteroatoms. The molecule has 0 aromatic heterocycles. The van der Waals surface area contributed by atoms with Crippen LogP contribution in [0.2, 0.25) is 5.02 Å². The maximum Gasteiger partial charge on any atom is 0.308 e. The van der Waals surface area contributed by atoms with Gasteiger partial charge in [-0.05, 0) is 30.7 Å². The topological polar surface area (TPSA) is 64.6 Å². The van der Waals surface area contributed by atoms with Gasteiger partial charge in [0.1, 0.15) is 0 Å². The van der Waals surface area contributed by atoms with E-state index >= 15 is 0 Å². The number of hydrogen-bond donors (Lipinski definition) is 1. The maximum absolute atomic E-state index is 13.5. The Morgan fingerprint density at radius 2 is 1.85 bits per heavy atom. The van der Waals surface area contributed by atoms with E-state index in [2.05, 4.69) is 5.32 Å². The fourth-order valence-corrected chi connectivity index (χ4v) is 2.59. The molecule has 0 saturated heterocycles. The normalized spacial score (nSPS) is 11.5. The average Bonchev–Trinajstić information content (AvgIpc) is 2.61. The SMILES string of the molecule is CCOC(=O)C[C@@H](NC(=O)COc1ccccc1F)c1ccccc1Cl. The Morgan fingerprint density at radius 3 is 2.54 bits per heavy atom. The van der Waals surface area contributed by atoms with E-state index in [1.165, 1.54) is 18.2 Å². The number of para-hydroxylation sites is 1. The van der Waals surface area contributed by atoms with E-state index in [1.807, 2.05) is 0 Å². The molecule has 5 nitrogen and oxygen atoms in total. The van der Waals surface area contributed by atoms with Gasteiger partial charge in [-0.3, -0.25) is 9.59 Å². The van der Waals surface area contributed by atoms with Crippen LogP contribution >= 0.6 is 11.6 Å². The zero-order chi connectivity index (χ0) is 18.9. The van der Waals surface area contributed by atoms with E-state index < -0.39 is 30.3 Å². The molecule has 0 fully saturated rings. The minimum Gasteiger partial charge on any atom is -0.481 e. The van der Waals surface area contributed by atoms with Crippen molar-refractivity contribution in [1.82, 2.24) is 5.32 Å². The van der Waals surface area contributed by atoms with Crippen molar-refractivity contribution < 1.29 is 23.5 Å². The third kappa shape index (κ3) is 5.74. The number of rotatable bonds is 8. The van der Waals surface area contributed by atoms with Crippen LogP contribution in [0, 0.1) is 5.82 Å². The average molecular weight is 380 g/mol. The van der Waals surface area contributed by atoms with Crippen LogP contribution in [-0.4, -0.2) is 25.1 Å². The van der Waals surface area contributed by atoms with E-state index in [0.29, 0.717) is 10.6 Å². The Labute approximate surface area is 156 Å². The van der Waals surface area contributed by atoms with Crippen LogP contribution in [0.3, 0.4) is 0 Å². The third-order valence-corrected chi connectivity index (χ3v) is 3.83. The van der Waals surface area contributed by atoms with Gasteiger partial charge in [0.2, 0.25) is 0 Å². The summed E-state index contributed by atoms with van der Waals surface area (Å²) >= 11 is 6.17. The highest BCUT2D eigenvalue weighted by atomic mass is 35.5. The number of ether oxygens (including phenoxy) is 2. The first kappa shape index (κ1) is 19.7. The zero-order valence-corrected chi connectivity index (χ0v) is 15.0. The summed E-state index contributed by atoms with van der Waals surface area (Å²) in [6, 6.07) is 12.0. The summed E-state index contributed by atoms with van der Waals surface area (Å²) < 4.78 is 23.7. The molecule has 0 unspecified atom stereocenters. The molecule has 0 bridgehead atoms. The summed E-state index contributed by atoms with van der Waals surface area (Å²) in [7, 11) is 0. The fourth-order valence-electron chi connectivity index (χ4n) is 2.32. The lowest BCUT2D eigenvalue weighted by Crippen LogP contribution is -2.34. The van der Waals surface area contributed by atoms with Gasteiger partial charge in [-0.25, -0.2) is 4.39 Å². The summed E-state index contributed by atoms with van der Waals surface area (Å²) in [6.07, 6.45) is -0.0803. The summed E-state index contributed by atoms with van der Waals surface area (Å²) in [5.74, 6) is -1.56. The largest absolute Gasteiger partial charge is 0.481 e. The van der Waals surface area contributed by atoms with Crippen molar-refractivity contribution in [3.63, 3.8) is 0 Å². The number of halogens is 2. The van der Waals surface area contributed by atoms with Crippen molar-refractivity contribution in [3.8, 4) is 5.75 Å². The molecule has 2 aromatic carbocycles. The van der Waals surface area contributed by atoms with Crippen molar-refractivity contribution in [2.75, 3.05) is 13.2 Å².